The number of nitrogens with one attached hydrogen (secondary N) is 2. The van der Waals surface area contributed by atoms with E-state index in [9.17, 15) is 14.7 Å². The van der Waals surface area contributed by atoms with Crippen molar-refractivity contribution in [3.8, 4) is 5.75 Å². The van der Waals surface area contributed by atoms with E-state index in [4.69, 9.17) is 4.74 Å². The zero-order valence-electron chi connectivity index (χ0n) is 14.6. The Morgan fingerprint density at radius 3 is 2.60 bits per heavy atom. The zero-order valence-corrected chi connectivity index (χ0v) is 14.6. The number of phenols is 1. The number of amides is 2. The molecule has 2 aromatic rings. The monoisotopic (exact) mass is 345 g/mol. The van der Waals surface area contributed by atoms with Crippen molar-refractivity contribution in [2.75, 3.05) is 13.1 Å². The number of nitrogens with zero attached hydrogens (tertiary/aromatic N) is 1. The molecule has 1 aromatic heterocycles. The Bertz CT molecular complexity index is 768. The number of rotatable bonds is 5. The predicted octanol–water partition coefficient (Wildman–Crippen LogP) is 2.58. The van der Waals surface area contributed by atoms with Crippen LogP contribution < -0.4 is 10.6 Å². The fourth-order valence-corrected chi connectivity index (χ4v) is 2.13. The lowest BCUT2D eigenvalue weighted by Gasteiger charge is -2.19. The SMILES string of the molecule is CC(C)(C)OC(=O)NCCCNC(=O)c1cnc2cc(O)ccc2c1. The van der Waals surface area contributed by atoms with Crippen LogP contribution in [0.15, 0.2) is 30.5 Å². The Morgan fingerprint density at radius 2 is 1.88 bits per heavy atom. The quantitative estimate of drug-likeness (QED) is 0.723. The van der Waals surface area contributed by atoms with Gasteiger partial charge in [0.05, 0.1) is 11.1 Å². The van der Waals surface area contributed by atoms with E-state index >= 15 is 0 Å². The number of carbonyl (C=O) groups is 2. The molecular weight excluding hydrogens is 322 g/mol. The number of hydrogen-bond acceptors (Lipinski definition) is 5. The van der Waals surface area contributed by atoms with Gasteiger partial charge in [0.1, 0.15) is 11.4 Å². The maximum Gasteiger partial charge on any atom is 0.407 e. The van der Waals surface area contributed by atoms with Gasteiger partial charge in [-0.15, -0.1) is 0 Å². The Hall–Kier alpha value is -2.83. The molecule has 0 fully saturated rings. The van der Waals surface area contributed by atoms with Gasteiger partial charge < -0.3 is 20.5 Å². The van der Waals surface area contributed by atoms with E-state index in [0.29, 0.717) is 30.6 Å². The van der Waals surface area contributed by atoms with E-state index in [1.807, 2.05) is 0 Å². The van der Waals surface area contributed by atoms with Crippen molar-refractivity contribution in [2.45, 2.75) is 32.8 Å². The number of benzene rings is 1. The summed E-state index contributed by atoms with van der Waals surface area (Å²) in [6, 6.07) is 6.52. The minimum absolute atomic E-state index is 0.134. The van der Waals surface area contributed by atoms with Crippen LogP contribution in [0, 0.1) is 0 Å². The van der Waals surface area contributed by atoms with Crippen LogP contribution in [-0.4, -0.2) is 40.8 Å². The van der Waals surface area contributed by atoms with Crippen LogP contribution in [0.1, 0.15) is 37.6 Å². The molecule has 0 aliphatic carbocycles. The van der Waals surface area contributed by atoms with Gasteiger partial charge in [-0.1, -0.05) is 0 Å². The molecule has 0 unspecified atom stereocenters. The number of pyridine rings is 1. The summed E-state index contributed by atoms with van der Waals surface area (Å²) in [5.41, 5.74) is 0.537. The summed E-state index contributed by atoms with van der Waals surface area (Å²) in [6.45, 7) is 6.22. The standard InChI is InChI=1S/C18H23N3O4/c1-18(2,3)25-17(24)20-8-4-7-19-16(23)13-9-12-5-6-14(22)10-15(12)21-11-13/h5-6,9-11,22H,4,7-8H2,1-3H3,(H,19,23)(H,20,24). The van der Waals surface area contributed by atoms with Gasteiger partial charge in [-0.3, -0.25) is 9.78 Å². The average Bonchev–Trinajstić information content (AvgIpc) is 2.52. The van der Waals surface area contributed by atoms with E-state index < -0.39 is 11.7 Å². The maximum absolute atomic E-state index is 12.1. The molecule has 3 N–H and O–H groups in total. The predicted molar refractivity (Wildman–Crippen MR) is 94.6 cm³/mol. The fourth-order valence-electron chi connectivity index (χ4n) is 2.13. The first-order chi connectivity index (χ1) is 11.7. The van der Waals surface area contributed by atoms with Crippen molar-refractivity contribution in [3.63, 3.8) is 0 Å². The summed E-state index contributed by atoms with van der Waals surface area (Å²) >= 11 is 0. The van der Waals surface area contributed by atoms with Crippen molar-refractivity contribution in [3.05, 3.63) is 36.0 Å². The lowest BCUT2D eigenvalue weighted by atomic mass is 10.1. The number of alkyl carbamates (subject to hydrolysis) is 1. The van der Waals surface area contributed by atoms with Crippen molar-refractivity contribution in [1.29, 1.82) is 0 Å². The van der Waals surface area contributed by atoms with E-state index in [1.54, 1.807) is 45.0 Å². The van der Waals surface area contributed by atoms with E-state index in [1.165, 1.54) is 6.20 Å². The fraction of sp³-hybridized carbons (Fsp3) is 0.389. The number of aromatic nitrogens is 1. The number of phenolic OH excluding ortho intramolecular Hbond substituents is 1. The summed E-state index contributed by atoms with van der Waals surface area (Å²) in [4.78, 5) is 27.8. The number of ether oxygens (including phenoxy) is 1. The average molecular weight is 345 g/mol. The van der Waals surface area contributed by atoms with Crippen LogP contribution >= 0.6 is 0 Å². The number of fused-ring (bicyclic) bond motifs is 1. The Balaban J connectivity index is 1.77. The third-order valence-electron chi connectivity index (χ3n) is 3.24. The van der Waals surface area contributed by atoms with Gasteiger partial charge in [0.2, 0.25) is 0 Å². The van der Waals surface area contributed by atoms with Gasteiger partial charge in [0.15, 0.2) is 0 Å². The summed E-state index contributed by atoms with van der Waals surface area (Å²) < 4.78 is 5.12. The highest BCUT2D eigenvalue weighted by Gasteiger charge is 2.15. The van der Waals surface area contributed by atoms with Crippen LogP contribution in [-0.2, 0) is 4.74 Å². The van der Waals surface area contributed by atoms with Gasteiger partial charge >= 0.3 is 6.09 Å². The van der Waals surface area contributed by atoms with E-state index in [2.05, 4.69) is 15.6 Å². The third-order valence-corrected chi connectivity index (χ3v) is 3.24. The van der Waals surface area contributed by atoms with Crippen molar-refractivity contribution in [1.82, 2.24) is 15.6 Å². The second-order valence-corrected chi connectivity index (χ2v) is 6.64. The van der Waals surface area contributed by atoms with Gasteiger partial charge in [-0.05, 0) is 45.4 Å². The number of carbonyl (C=O) groups excluding carboxylic acids is 2. The molecule has 7 nitrogen and oxygen atoms in total. The largest absolute Gasteiger partial charge is 0.508 e. The van der Waals surface area contributed by atoms with Gasteiger partial charge in [0, 0.05) is 30.7 Å². The van der Waals surface area contributed by atoms with Crippen LogP contribution in [0.4, 0.5) is 4.79 Å². The molecule has 0 bridgehead atoms. The number of aromatic hydroxyl groups is 1. The van der Waals surface area contributed by atoms with Crippen LogP contribution in [0.25, 0.3) is 10.9 Å². The highest BCUT2D eigenvalue weighted by molar-refractivity contribution is 5.97. The van der Waals surface area contributed by atoms with E-state index in [0.717, 1.165) is 5.39 Å². The molecule has 0 radical (unpaired) electrons. The first kappa shape index (κ1) is 18.5. The first-order valence-corrected chi connectivity index (χ1v) is 8.08. The molecule has 7 heteroatoms. The Morgan fingerprint density at radius 1 is 1.16 bits per heavy atom. The highest BCUT2D eigenvalue weighted by atomic mass is 16.6. The molecule has 1 heterocycles. The van der Waals surface area contributed by atoms with Crippen molar-refractivity contribution >= 4 is 22.9 Å². The highest BCUT2D eigenvalue weighted by Crippen LogP contribution is 2.18. The molecule has 0 saturated carbocycles. The third kappa shape index (κ3) is 5.95. The minimum atomic E-state index is -0.530. The molecule has 134 valence electrons. The molecule has 0 spiro atoms. The van der Waals surface area contributed by atoms with Crippen LogP contribution in [0.2, 0.25) is 0 Å². The van der Waals surface area contributed by atoms with Crippen LogP contribution in [0.5, 0.6) is 5.75 Å². The molecule has 0 aliphatic rings. The summed E-state index contributed by atoms with van der Waals surface area (Å²) in [7, 11) is 0. The number of hydrogen-bond donors (Lipinski definition) is 3. The second-order valence-electron chi connectivity index (χ2n) is 6.64. The smallest absolute Gasteiger partial charge is 0.407 e. The molecule has 0 saturated heterocycles. The molecule has 0 atom stereocenters. The molecular formula is C18H23N3O4. The lowest BCUT2D eigenvalue weighted by Crippen LogP contribution is -2.34. The van der Waals surface area contributed by atoms with Gasteiger partial charge in [-0.2, -0.15) is 0 Å². The minimum Gasteiger partial charge on any atom is -0.508 e. The van der Waals surface area contributed by atoms with Crippen molar-refractivity contribution in [2.24, 2.45) is 0 Å². The molecule has 1 aromatic carbocycles. The second kappa shape index (κ2) is 7.83. The van der Waals surface area contributed by atoms with Gasteiger partial charge in [-0.25, -0.2) is 4.79 Å². The van der Waals surface area contributed by atoms with Gasteiger partial charge in [0.25, 0.3) is 5.91 Å². The summed E-state index contributed by atoms with van der Waals surface area (Å²) in [6.07, 6.45) is 1.58. The molecule has 2 amide bonds. The van der Waals surface area contributed by atoms with Crippen LogP contribution in [0.3, 0.4) is 0 Å². The zero-order chi connectivity index (χ0) is 18.4. The van der Waals surface area contributed by atoms with E-state index in [-0.39, 0.29) is 11.7 Å². The first-order valence-electron chi connectivity index (χ1n) is 8.08. The topological polar surface area (TPSA) is 101 Å². The summed E-state index contributed by atoms with van der Waals surface area (Å²) in [5, 5.41) is 15.6. The molecule has 25 heavy (non-hydrogen) atoms. The molecule has 2 rings (SSSR count). The Kier molecular flexibility index (Phi) is 5.80. The summed E-state index contributed by atoms with van der Waals surface area (Å²) in [5.74, 6) is -0.102. The lowest BCUT2D eigenvalue weighted by molar-refractivity contribution is 0.0527. The Labute approximate surface area is 146 Å². The van der Waals surface area contributed by atoms with Crippen molar-refractivity contribution < 1.29 is 19.4 Å². The molecule has 0 aliphatic heterocycles. The maximum atomic E-state index is 12.1. The normalized spacial score (nSPS) is 11.2.